The first-order valence-corrected chi connectivity index (χ1v) is 8.87. The summed E-state index contributed by atoms with van der Waals surface area (Å²) in [7, 11) is 0. The van der Waals surface area contributed by atoms with Crippen LogP contribution in [0.25, 0.3) is 0 Å². The maximum absolute atomic E-state index is 12.3. The second-order valence-corrected chi connectivity index (χ2v) is 6.42. The van der Waals surface area contributed by atoms with E-state index in [1.165, 1.54) is 0 Å². The summed E-state index contributed by atoms with van der Waals surface area (Å²) in [4.78, 5) is 24.2. The fourth-order valence-electron chi connectivity index (χ4n) is 2.28. The predicted molar refractivity (Wildman–Crippen MR) is 102 cm³/mol. The zero-order chi connectivity index (χ0) is 18.2. The molecule has 0 fully saturated rings. The van der Waals surface area contributed by atoms with Crippen LogP contribution >= 0.6 is 23.2 Å². The van der Waals surface area contributed by atoms with Crippen molar-refractivity contribution < 1.29 is 9.59 Å². The highest BCUT2D eigenvalue weighted by Crippen LogP contribution is 2.21. The Kier molecular flexibility index (Phi) is 7.29. The fraction of sp³-hybridized carbons (Fsp3) is 0.263. The molecule has 0 unspecified atom stereocenters. The van der Waals surface area contributed by atoms with E-state index in [2.05, 4.69) is 10.6 Å². The van der Waals surface area contributed by atoms with Crippen molar-refractivity contribution in [3.05, 3.63) is 69.2 Å². The largest absolute Gasteiger partial charge is 0.352 e. The first-order chi connectivity index (χ1) is 12.0. The lowest BCUT2D eigenvalue weighted by molar-refractivity contribution is 0.0953. The Labute approximate surface area is 157 Å². The Morgan fingerprint density at radius 2 is 1.56 bits per heavy atom. The standard InChI is InChI=1S/C19H20Cl2N2O2/c1-2-9-22-18(24)14-4-3-5-15(11-14)19(25)23-10-8-13-6-7-16(20)12-17(13)21/h3-7,11-12H,2,8-10H2,1H3,(H,22,24)(H,23,25). The Balaban J connectivity index is 1.93. The summed E-state index contributed by atoms with van der Waals surface area (Å²) in [6.07, 6.45) is 1.46. The number of hydrogen-bond donors (Lipinski definition) is 2. The summed E-state index contributed by atoms with van der Waals surface area (Å²) in [5, 5.41) is 6.79. The van der Waals surface area contributed by atoms with Crippen LogP contribution in [0.5, 0.6) is 0 Å². The van der Waals surface area contributed by atoms with Gasteiger partial charge < -0.3 is 10.6 Å². The number of hydrogen-bond acceptors (Lipinski definition) is 2. The third-order valence-electron chi connectivity index (χ3n) is 3.62. The van der Waals surface area contributed by atoms with Crippen LogP contribution < -0.4 is 10.6 Å². The first kappa shape index (κ1) is 19.3. The average molecular weight is 379 g/mol. The molecule has 2 rings (SSSR count). The van der Waals surface area contributed by atoms with Gasteiger partial charge in [-0.3, -0.25) is 9.59 Å². The normalized spacial score (nSPS) is 10.4. The molecule has 0 saturated heterocycles. The number of carbonyl (C=O) groups is 2. The van der Waals surface area contributed by atoms with Gasteiger partial charge in [0.2, 0.25) is 0 Å². The summed E-state index contributed by atoms with van der Waals surface area (Å²) >= 11 is 12.0. The zero-order valence-corrected chi connectivity index (χ0v) is 15.5. The summed E-state index contributed by atoms with van der Waals surface area (Å²) in [6, 6.07) is 12.0. The lowest BCUT2D eigenvalue weighted by Gasteiger charge is -2.08. The van der Waals surface area contributed by atoms with Crippen LogP contribution in [0.3, 0.4) is 0 Å². The minimum Gasteiger partial charge on any atom is -0.352 e. The van der Waals surface area contributed by atoms with Crippen LogP contribution in [0, 0.1) is 0 Å². The molecule has 0 bridgehead atoms. The molecule has 132 valence electrons. The lowest BCUT2D eigenvalue weighted by Crippen LogP contribution is -2.27. The highest BCUT2D eigenvalue weighted by molar-refractivity contribution is 6.35. The Bertz CT molecular complexity index is 763. The van der Waals surface area contributed by atoms with Gasteiger partial charge in [0.15, 0.2) is 0 Å². The number of nitrogens with one attached hydrogen (secondary N) is 2. The molecule has 0 aliphatic rings. The van der Waals surface area contributed by atoms with Gasteiger partial charge in [-0.1, -0.05) is 42.3 Å². The van der Waals surface area contributed by atoms with Crippen LogP contribution in [0.1, 0.15) is 39.6 Å². The number of halogens is 2. The van der Waals surface area contributed by atoms with E-state index >= 15 is 0 Å². The molecule has 6 heteroatoms. The maximum Gasteiger partial charge on any atom is 0.251 e. The third-order valence-corrected chi connectivity index (χ3v) is 4.20. The molecule has 2 aromatic carbocycles. The summed E-state index contributed by atoms with van der Waals surface area (Å²) in [6.45, 7) is 3.03. The molecular weight excluding hydrogens is 359 g/mol. The number of benzene rings is 2. The molecule has 0 aliphatic heterocycles. The lowest BCUT2D eigenvalue weighted by atomic mass is 10.1. The van der Waals surface area contributed by atoms with Crippen molar-refractivity contribution in [1.82, 2.24) is 10.6 Å². The van der Waals surface area contributed by atoms with Gasteiger partial charge in [-0.2, -0.15) is 0 Å². The third kappa shape index (κ3) is 5.76. The molecule has 25 heavy (non-hydrogen) atoms. The van der Waals surface area contributed by atoms with Crippen molar-refractivity contribution in [1.29, 1.82) is 0 Å². The fourth-order valence-corrected chi connectivity index (χ4v) is 2.78. The van der Waals surface area contributed by atoms with E-state index in [9.17, 15) is 9.59 Å². The van der Waals surface area contributed by atoms with Crippen molar-refractivity contribution in [2.24, 2.45) is 0 Å². The SMILES string of the molecule is CCCNC(=O)c1cccc(C(=O)NCCc2ccc(Cl)cc2Cl)c1. The quantitative estimate of drug-likeness (QED) is 0.761. The van der Waals surface area contributed by atoms with Gasteiger partial charge in [-0.15, -0.1) is 0 Å². The van der Waals surface area contributed by atoms with E-state index < -0.39 is 0 Å². The van der Waals surface area contributed by atoms with E-state index in [4.69, 9.17) is 23.2 Å². The van der Waals surface area contributed by atoms with Crippen LogP contribution in [-0.4, -0.2) is 24.9 Å². The molecule has 2 N–H and O–H groups in total. The minimum atomic E-state index is -0.227. The molecule has 0 saturated carbocycles. The van der Waals surface area contributed by atoms with Crippen molar-refractivity contribution in [2.75, 3.05) is 13.1 Å². The van der Waals surface area contributed by atoms with E-state index in [1.54, 1.807) is 36.4 Å². The first-order valence-electron chi connectivity index (χ1n) is 8.11. The molecule has 2 amide bonds. The topological polar surface area (TPSA) is 58.2 Å². The summed E-state index contributed by atoms with van der Waals surface area (Å²) in [5.74, 6) is -0.403. The average Bonchev–Trinajstić information content (AvgIpc) is 2.61. The van der Waals surface area contributed by atoms with E-state index in [-0.39, 0.29) is 11.8 Å². The van der Waals surface area contributed by atoms with E-state index in [0.717, 1.165) is 12.0 Å². The molecular formula is C19H20Cl2N2O2. The second kappa shape index (κ2) is 9.44. The molecule has 4 nitrogen and oxygen atoms in total. The van der Waals surface area contributed by atoms with Crippen LogP contribution in [0.4, 0.5) is 0 Å². The van der Waals surface area contributed by atoms with E-state index in [1.807, 2.05) is 13.0 Å². The molecule has 0 radical (unpaired) electrons. The van der Waals surface area contributed by atoms with Crippen molar-refractivity contribution in [3.8, 4) is 0 Å². The molecule has 0 atom stereocenters. The number of rotatable bonds is 7. The van der Waals surface area contributed by atoms with Gasteiger partial charge in [0, 0.05) is 34.3 Å². The summed E-state index contributed by atoms with van der Waals surface area (Å²) < 4.78 is 0. The Morgan fingerprint density at radius 3 is 2.16 bits per heavy atom. The molecule has 0 aromatic heterocycles. The maximum atomic E-state index is 12.3. The van der Waals surface area contributed by atoms with Gasteiger partial charge in [0.25, 0.3) is 11.8 Å². The Morgan fingerprint density at radius 1 is 0.920 bits per heavy atom. The molecule has 2 aromatic rings. The Hall–Kier alpha value is -2.04. The van der Waals surface area contributed by atoms with Gasteiger partial charge in [-0.25, -0.2) is 0 Å². The van der Waals surface area contributed by atoms with Crippen molar-refractivity contribution in [3.63, 3.8) is 0 Å². The minimum absolute atomic E-state index is 0.176. The highest BCUT2D eigenvalue weighted by Gasteiger charge is 2.10. The smallest absolute Gasteiger partial charge is 0.251 e. The zero-order valence-electron chi connectivity index (χ0n) is 13.9. The van der Waals surface area contributed by atoms with Crippen LogP contribution in [0.2, 0.25) is 10.0 Å². The summed E-state index contributed by atoms with van der Waals surface area (Å²) in [5.41, 5.74) is 1.84. The predicted octanol–water partition coefficient (Wildman–Crippen LogP) is 4.11. The molecule has 0 aliphatic carbocycles. The molecule has 0 spiro atoms. The van der Waals surface area contributed by atoms with Gasteiger partial charge in [0.05, 0.1) is 0 Å². The number of amides is 2. The highest BCUT2D eigenvalue weighted by atomic mass is 35.5. The van der Waals surface area contributed by atoms with Crippen LogP contribution in [-0.2, 0) is 6.42 Å². The second-order valence-electron chi connectivity index (χ2n) is 5.58. The van der Waals surface area contributed by atoms with Gasteiger partial charge in [-0.05, 0) is 48.7 Å². The van der Waals surface area contributed by atoms with Crippen molar-refractivity contribution >= 4 is 35.0 Å². The van der Waals surface area contributed by atoms with Gasteiger partial charge >= 0.3 is 0 Å². The van der Waals surface area contributed by atoms with Gasteiger partial charge in [0.1, 0.15) is 0 Å². The van der Waals surface area contributed by atoms with E-state index in [0.29, 0.717) is 40.7 Å². The number of carbonyl (C=O) groups excluding carboxylic acids is 2. The monoisotopic (exact) mass is 378 g/mol. The van der Waals surface area contributed by atoms with Crippen LogP contribution in [0.15, 0.2) is 42.5 Å². The van der Waals surface area contributed by atoms with Crippen molar-refractivity contribution in [2.45, 2.75) is 19.8 Å². The molecule has 0 heterocycles.